The van der Waals surface area contributed by atoms with Crippen LogP contribution >= 0.6 is 35.3 Å². The number of nitrogens with one attached hydrogen (secondary N) is 2. The van der Waals surface area contributed by atoms with Crippen molar-refractivity contribution in [2.45, 2.75) is 34.3 Å². The summed E-state index contributed by atoms with van der Waals surface area (Å²) in [5.41, 5.74) is -4.47. The van der Waals surface area contributed by atoms with E-state index in [1.54, 1.807) is 6.92 Å². The Balaban J connectivity index is 0.00000320. The van der Waals surface area contributed by atoms with Gasteiger partial charge in [0.1, 0.15) is 11.4 Å². The van der Waals surface area contributed by atoms with E-state index in [1.165, 1.54) is 11.8 Å². The molecule has 2 aliphatic heterocycles. The molecule has 3 atom stereocenters. The van der Waals surface area contributed by atoms with Crippen molar-refractivity contribution < 1.29 is 62.2 Å². The molecule has 2 aliphatic rings. The molecule has 2 unspecified atom stereocenters. The van der Waals surface area contributed by atoms with Crippen molar-refractivity contribution in [3.8, 4) is 0 Å². The van der Waals surface area contributed by atoms with Crippen molar-refractivity contribution in [3.63, 3.8) is 0 Å². The van der Waals surface area contributed by atoms with Gasteiger partial charge >= 0.3 is 35.1 Å². The molecule has 0 saturated carbocycles. The van der Waals surface area contributed by atoms with E-state index in [0.29, 0.717) is 5.57 Å². The third-order valence-electron chi connectivity index (χ3n) is 3.97. The summed E-state index contributed by atoms with van der Waals surface area (Å²) in [5, 5.41) is 26.3. The second-order valence-corrected chi connectivity index (χ2v) is 9.26. The maximum Gasteiger partial charge on any atom is 1.00 e. The van der Waals surface area contributed by atoms with Gasteiger partial charge in [0.25, 0.3) is 5.91 Å². The number of carbonyl (C=O) groups excluding carboxylic acids is 3. The molecule has 158 valence electrons. The van der Waals surface area contributed by atoms with Crippen molar-refractivity contribution in [3.05, 3.63) is 11.3 Å². The fraction of sp³-hybridized carbons (Fsp3) is 0.538. The molecule has 3 rings (SSSR count). The molecule has 30 heavy (non-hydrogen) atoms. The molecule has 1 aromatic rings. The van der Waals surface area contributed by atoms with Crippen LogP contribution in [-0.2, 0) is 14.4 Å². The maximum absolute atomic E-state index is 12.4. The van der Waals surface area contributed by atoms with E-state index in [4.69, 9.17) is 0 Å². The van der Waals surface area contributed by atoms with Crippen LogP contribution in [0.3, 0.4) is 0 Å². The van der Waals surface area contributed by atoms with Gasteiger partial charge in [-0.25, -0.2) is 0 Å². The predicted octanol–water partition coefficient (Wildman–Crippen LogP) is -3.66. The molecule has 1 fully saturated rings. The molecule has 10 nitrogen and oxygen atoms in total. The summed E-state index contributed by atoms with van der Waals surface area (Å²) in [6.07, 6.45) is 0. The van der Waals surface area contributed by atoms with Crippen LogP contribution in [0.15, 0.2) is 16.4 Å². The van der Waals surface area contributed by atoms with E-state index in [9.17, 15) is 32.7 Å². The first kappa shape index (κ1) is 25.3. The molecule has 1 saturated heterocycles. The van der Waals surface area contributed by atoms with Crippen LogP contribution in [0.4, 0.5) is 13.2 Å². The zero-order valence-corrected chi connectivity index (χ0v) is 19.9. The smallest absolute Gasteiger partial charge is 0.543 e. The van der Waals surface area contributed by atoms with Gasteiger partial charge in [-0.2, -0.15) is 18.4 Å². The number of hydrogen-bond acceptors (Lipinski definition) is 10. The Morgan fingerprint density at radius 1 is 1.47 bits per heavy atom. The van der Waals surface area contributed by atoms with Crippen LogP contribution in [0.2, 0.25) is 0 Å². The molecule has 0 radical (unpaired) electrons. The number of aliphatic carboxylic acids is 1. The average molecular weight is 492 g/mol. The molecule has 17 heteroatoms. The SMILES string of the molecule is CC(Sc1nn[nH]n1)C1=C(C(=O)[O-])N2C(=O)C(NC(=O)CSC(F)(F)F)[C@H]2SC1.[Na+]. The van der Waals surface area contributed by atoms with Crippen molar-refractivity contribution in [1.82, 2.24) is 30.8 Å². The van der Waals surface area contributed by atoms with E-state index < -0.39 is 57.5 Å². The summed E-state index contributed by atoms with van der Waals surface area (Å²) in [5.74, 6) is -3.92. The molecule has 0 aromatic carbocycles. The van der Waals surface area contributed by atoms with E-state index >= 15 is 0 Å². The number of aromatic nitrogens is 4. The average Bonchev–Trinajstić information content (AvgIpc) is 3.15. The Morgan fingerprint density at radius 3 is 2.73 bits per heavy atom. The van der Waals surface area contributed by atoms with Crippen molar-refractivity contribution >= 4 is 53.1 Å². The van der Waals surface area contributed by atoms with Gasteiger partial charge in [-0.05, 0) is 29.5 Å². The molecule has 0 bridgehead atoms. The van der Waals surface area contributed by atoms with Crippen LogP contribution in [0.5, 0.6) is 0 Å². The first-order chi connectivity index (χ1) is 13.6. The summed E-state index contributed by atoms with van der Waals surface area (Å²) in [7, 11) is 0. The first-order valence-electron chi connectivity index (χ1n) is 7.87. The number of tetrazole rings is 1. The van der Waals surface area contributed by atoms with E-state index in [-0.39, 0.29) is 46.2 Å². The van der Waals surface area contributed by atoms with Crippen LogP contribution in [0, 0.1) is 0 Å². The Kier molecular flexibility index (Phi) is 8.54. The van der Waals surface area contributed by atoms with Gasteiger partial charge in [-0.3, -0.25) is 14.5 Å². The Labute approximate surface area is 202 Å². The standard InChI is InChI=1S/C13H13F3N6O4S3.Na/c1-4(29-12-18-20-21-19-12)5-2-27-10-7(9(24)22(10)8(5)11(25)26)17-6(23)3-28-13(14,15)16;/h4,7,10H,2-3H2,1H3,(H,17,23)(H,25,26)(H,18,19,20,21);/q;+1/p-1/t4?,7?,10-;/m1./s1. The number of thioether (sulfide) groups is 3. The van der Waals surface area contributed by atoms with Gasteiger partial charge in [-0.15, -0.1) is 22.0 Å². The van der Waals surface area contributed by atoms with Crippen LogP contribution in [0.25, 0.3) is 0 Å². The fourth-order valence-corrected chi connectivity index (χ4v) is 5.53. The Hall–Kier alpha value is -0.940. The molecule has 2 N–H and O–H groups in total. The Morgan fingerprint density at radius 2 is 2.17 bits per heavy atom. The zero-order valence-electron chi connectivity index (χ0n) is 15.4. The van der Waals surface area contributed by atoms with Gasteiger partial charge in [0, 0.05) is 11.0 Å². The van der Waals surface area contributed by atoms with Gasteiger partial charge in [0.2, 0.25) is 11.1 Å². The summed E-state index contributed by atoms with van der Waals surface area (Å²) in [4.78, 5) is 36.8. The summed E-state index contributed by atoms with van der Waals surface area (Å²) in [6, 6.07) is -1.10. The minimum Gasteiger partial charge on any atom is -0.543 e. The van der Waals surface area contributed by atoms with Crippen molar-refractivity contribution in [2.75, 3.05) is 11.5 Å². The predicted molar refractivity (Wildman–Crippen MR) is 95.1 cm³/mol. The molecular formula is C13H12F3N6NaO4S3. The molecular weight excluding hydrogens is 480 g/mol. The molecule has 1 aromatic heterocycles. The van der Waals surface area contributed by atoms with Crippen LogP contribution < -0.4 is 40.0 Å². The maximum atomic E-state index is 12.4. The molecule has 2 amide bonds. The monoisotopic (exact) mass is 492 g/mol. The normalized spacial score (nSPS) is 22.0. The second-order valence-electron chi connectivity index (χ2n) is 5.81. The van der Waals surface area contributed by atoms with Crippen molar-refractivity contribution in [1.29, 1.82) is 0 Å². The van der Waals surface area contributed by atoms with Crippen molar-refractivity contribution in [2.24, 2.45) is 0 Å². The van der Waals surface area contributed by atoms with Gasteiger partial charge in [0.05, 0.1) is 17.4 Å². The minimum absolute atomic E-state index is 0. The van der Waals surface area contributed by atoms with Crippen LogP contribution in [0.1, 0.15) is 6.92 Å². The van der Waals surface area contributed by atoms with Gasteiger partial charge < -0.3 is 15.2 Å². The number of carboxylic acid groups (broad SMARTS) is 1. The van der Waals surface area contributed by atoms with E-state index in [0.717, 1.165) is 16.7 Å². The third-order valence-corrected chi connectivity index (χ3v) is 7.03. The number of β-lactam (4-membered cyclic amide) rings is 1. The molecule has 3 heterocycles. The molecule has 0 aliphatic carbocycles. The number of H-pyrrole nitrogens is 1. The molecule has 0 spiro atoms. The summed E-state index contributed by atoms with van der Waals surface area (Å²) in [6.45, 7) is 1.71. The minimum atomic E-state index is -4.57. The quantitative estimate of drug-likeness (QED) is 0.222. The number of carbonyl (C=O) groups is 3. The van der Waals surface area contributed by atoms with Gasteiger partial charge in [0.15, 0.2) is 0 Å². The number of hydrogen-bond donors (Lipinski definition) is 2. The number of fused-ring (bicyclic) bond motifs is 1. The largest absolute Gasteiger partial charge is 1.00 e. The number of amides is 2. The van der Waals surface area contributed by atoms with E-state index in [1.807, 2.05) is 0 Å². The number of nitrogens with zero attached hydrogens (tertiary/aromatic N) is 4. The number of rotatable bonds is 7. The summed E-state index contributed by atoms with van der Waals surface area (Å²) < 4.78 is 36.6. The Bertz CT molecular complexity index is 856. The van der Waals surface area contributed by atoms with Crippen LogP contribution in [-0.4, -0.2) is 77.0 Å². The van der Waals surface area contributed by atoms with Gasteiger partial charge in [-0.1, -0.05) is 11.8 Å². The topological polar surface area (TPSA) is 144 Å². The number of alkyl halides is 3. The first-order valence-corrected chi connectivity index (χ1v) is 10.8. The number of carboxylic acids is 1. The second kappa shape index (κ2) is 10.1. The van der Waals surface area contributed by atoms with E-state index in [2.05, 4.69) is 25.9 Å². The third kappa shape index (κ3) is 5.64. The fourth-order valence-electron chi connectivity index (χ4n) is 2.74. The number of halogens is 3. The number of aromatic amines is 1. The summed E-state index contributed by atoms with van der Waals surface area (Å²) >= 11 is 1.81. The zero-order chi connectivity index (χ0) is 21.3.